The van der Waals surface area contributed by atoms with Crippen molar-refractivity contribution < 1.29 is 9.94 Å². The third kappa shape index (κ3) is 4.49. The number of oxime groups is 1. The largest absolute Gasteiger partial charge is 0.395 e. The van der Waals surface area contributed by atoms with Crippen LogP contribution in [0.2, 0.25) is 0 Å². The van der Waals surface area contributed by atoms with E-state index >= 15 is 0 Å². The number of aliphatic hydroxyl groups is 1. The van der Waals surface area contributed by atoms with Gasteiger partial charge in [-0.2, -0.15) is 0 Å². The first kappa shape index (κ1) is 11.9. The van der Waals surface area contributed by atoms with Gasteiger partial charge in [0.2, 0.25) is 0 Å². The average Bonchev–Trinajstić information content (AvgIpc) is 2.17. The minimum Gasteiger partial charge on any atom is -0.395 e. The van der Waals surface area contributed by atoms with Crippen molar-refractivity contribution in [2.24, 2.45) is 10.9 Å². The van der Waals surface area contributed by atoms with Crippen molar-refractivity contribution in [3.05, 3.63) is 12.8 Å². The van der Waals surface area contributed by atoms with Crippen LogP contribution in [0.15, 0.2) is 17.9 Å². The minimum atomic E-state index is -0.0184. The van der Waals surface area contributed by atoms with E-state index in [9.17, 15) is 0 Å². The zero-order valence-corrected chi connectivity index (χ0v) is 7.72. The topological polar surface area (TPSA) is 71.1 Å². The molecule has 13 heavy (non-hydrogen) atoms. The second-order valence-corrected chi connectivity index (χ2v) is 2.46. The summed E-state index contributed by atoms with van der Waals surface area (Å²) < 4.78 is 0. The van der Waals surface area contributed by atoms with E-state index in [1.807, 2.05) is 4.90 Å². The molecule has 0 saturated heterocycles. The lowest BCUT2D eigenvalue weighted by molar-refractivity contribution is 0.0810. The fourth-order valence-electron chi connectivity index (χ4n) is 0.976. The average molecular weight is 187 g/mol. The maximum Gasteiger partial charge on any atom is 0.138 e. The molecule has 76 valence electrons. The van der Waals surface area contributed by atoms with Crippen LogP contribution in [-0.4, -0.2) is 49.1 Å². The Morgan fingerprint density at radius 2 is 2.38 bits per heavy atom. The van der Waals surface area contributed by atoms with Gasteiger partial charge >= 0.3 is 0 Å². The Labute approximate surface area is 78.5 Å². The fourth-order valence-corrected chi connectivity index (χ4v) is 0.976. The Hall–Kier alpha value is -1.07. The molecule has 0 aromatic rings. The molecule has 0 aliphatic heterocycles. The van der Waals surface area contributed by atoms with Crippen molar-refractivity contribution >= 4 is 6.72 Å². The molecule has 0 fully saturated rings. The molecule has 0 rings (SSSR count). The third-order valence-corrected chi connectivity index (χ3v) is 1.69. The first-order chi connectivity index (χ1) is 6.29. The molecular weight excluding hydrogens is 170 g/mol. The maximum absolute atomic E-state index is 8.73. The van der Waals surface area contributed by atoms with Crippen LogP contribution in [0.25, 0.3) is 0 Å². The summed E-state index contributed by atoms with van der Waals surface area (Å²) in [6.07, 6.45) is 1.63. The van der Waals surface area contributed by atoms with Crippen LogP contribution >= 0.6 is 0 Å². The van der Waals surface area contributed by atoms with E-state index in [1.54, 1.807) is 6.20 Å². The van der Waals surface area contributed by atoms with Gasteiger partial charge in [0.25, 0.3) is 0 Å². The van der Waals surface area contributed by atoms with Crippen molar-refractivity contribution in [3.63, 3.8) is 0 Å². The molecule has 5 heteroatoms. The van der Waals surface area contributed by atoms with Crippen LogP contribution in [0.4, 0.5) is 0 Å². The summed E-state index contributed by atoms with van der Waals surface area (Å²) >= 11 is 0. The lowest BCUT2D eigenvalue weighted by Gasteiger charge is -2.27. The van der Waals surface area contributed by atoms with Crippen molar-refractivity contribution in [2.45, 2.75) is 6.04 Å². The Kier molecular flexibility index (Phi) is 6.95. The lowest BCUT2D eigenvalue weighted by Crippen LogP contribution is -2.41. The maximum atomic E-state index is 8.73. The molecule has 1 atom stereocenters. The number of rotatable bonds is 8. The monoisotopic (exact) mass is 187 g/mol. The molecule has 0 saturated carbocycles. The van der Waals surface area contributed by atoms with Crippen LogP contribution in [0.5, 0.6) is 0 Å². The summed E-state index contributed by atoms with van der Waals surface area (Å²) in [5.41, 5.74) is 5.51. The highest BCUT2D eigenvalue weighted by atomic mass is 16.6. The van der Waals surface area contributed by atoms with Gasteiger partial charge in [-0.05, 0) is 6.20 Å². The first-order valence-corrected chi connectivity index (χ1v) is 4.07. The van der Waals surface area contributed by atoms with Crippen LogP contribution in [0, 0.1) is 0 Å². The zero-order valence-electron chi connectivity index (χ0n) is 7.72. The van der Waals surface area contributed by atoms with Gasteiger partial charge in [0.05, 0.1) is 12.6 Å². The number of nitrogens with zero attached hydrogens (tertiary/aromatic N) is 2. The first-order valence-electron chi connectivity index (χ1n) is 4.07. The molecule has 0 amide bonds. The quantitative estimate of drug-likeness (QED) is 0.392. The molecule has 5 nitrogen and oxygen atoms in total. The lowest BCUT2D eigenvalue weighted by atomic mass is 10.3. The summed E-state index contributed by atoms with van der Waals surface area (Å²) in [4.78, 5) is 6.59. The van der Waals surface area contributed by atoms with Crippen molar-refractivity contribution in [3.8, 4) is 0 Å². The summed E-state index contributed by atoms with van der Waals surface area (Å²) in [6, 6.07) is -0.0184. The summed E-state index contributed by atoms with van der Waals surface area (Å²) in [5, 5.41) is 12.0. The number of aliphatic hydroxyl groups excluding tert-OH is 1. The molecule has 0 aliphatic carbocycles. The highest BCUT2D eigenvalue weighted by Gasteiger charge is 2.13. The van der Waals surface area contributed by atoms with Gasteiger partial charge in [-0.3, -0.25) is 0 Å². The second-order valence-electron chi connectivity index (χ2n) is 2.46. The molecule has 0 heterocycles. The molecule has 3 N–H and O–H groups in total. The Balaban J connectivity index is 3.98. The van der Waals surface area contributed by atoms with Gasteiger partial charge in [-0.1, -0.05) is 6.58 Å². The number of hydrogen-bond donors (Lipinski definition) is 2. The van der Waals surface area contributed by atoms with Gasteiger partial charge in [-0.25, -0.2) is 0 Å². The second kappa shape index (κ2) is 7.57. The molecule has 0 radical (unpaired) electrons. The van der Waals surface area contributed by atoms with E-state index in [1.165, 1.54) is 0 Å². The van der Waals surface area contributed by atoms with E-state index in [4.69, 9.17) is 15.7 Å². The highest BCUT2D eigenvalue weighted by molar-refractivity contribution is 5.21. The normalized spacial score (nSPS) is 11.8. The molecule has 0 aromatic carbocycles. The molecular formula is C8H17N3O2. The van der Waals surface area contributed by atoms with E-state index in [-0.39, 0.29) is 12.6 Å². The van der Waals surface area contributed by atoms with E-state index < -0.39 is 0 Å². The number of hydrogen-bond acceptors (Lipinski definition) is 5. The standard InChI is InChI=1S/C8H17N3O2/c1-3-11(4-5-12)8(6-9)7-13-10-2/h3,8,12H,1-2,4-7,9H2/t8-/m1/s1. The Bertz CT molecular complexity index is 152. The summed E-state index contributed by atoms with van der Waals surface area (Å²) in [7, 11) is 0. The summed E-state index contributed by atoms with van der Waals surface area (Å²) in [6.45, 7) is 8.13. The van der Waals surface area contributed by atoms with Gasteiger partial charge in [0.15, 0.2) is 0 Å². The Morgan fingerprint density at radius 3 is 2.77 bits per heavy atom. The zero-order chi connectivity index (χ0) is 10.1. The van der Waals surface area contributed by atoms with Gasteiger partial charge < -0.3 is 20.6 Å². The number of nitrogens with two attached hydrogens (primary N) is 1. The molecule has 0 spiro atoms. The van der Waals surface area contributed by atoms with E-state index in [0.29, 0.717) is 19.7 Å². The fraction of sp³-hybridized carbons (Fsp3) is 0.625. The predicted octanol–water partition coefficient (Wildman–Crippen LogP) is -0.616. The molecule has 0 aromatic heterocycles. The van der Waals surface area contributed by atoms with Crippen LogP contribution < -0.4 is 5.73 Å². The van der Waals surface area contributed by atoms with E-state index in [2.05, 4.69) is 18.5 Å². The van der Waals surface area contributed by atoms with Gasteiger partial charge in [0, 0.05) is 19.8 Å². The summed E-state index contributed by atoms with van der Waals surface area (Å²) in [5.74, 6) is 0. The van der Waals surface area contributed by atoms with Crippen LogP contribution in [0.3, 0.4) is 0 Å². The van der Waals surface area contributed by atoms with Gasteiger partial charge in [-0.15, -0.1) is 5.16 Å². The third-order valence-electron chi connectivity index (χ3n) is 1.69. The van der Waals surface area contributed by atoms with Crippen molar-refractivity contribution in [2.75, 3.05) is 26.3 Å². The predicted molar refractivity (Wildman–Crippen MR) is 52.3 cm³/mol. The van der Waals surface area contributed by atoms with E-state index in [0.717, 1.165) is 0 Å². The van der Waals surface area contributed by atoms with Crippen molar-refractivity contribution in [1.82, 2.24) is 4.90 Å². The molecule has 0 bridgehead atoms. The smallest absolute Gasteiger partial charge is 0.138 e. The molecule has 0 aliphatic rings. The van der Waals surface area contributed by atoms with Crippen molar-refractivity contribution in [1.29, 1.82) is 0 Å². The highest BCUT2D eigenvalue weighted by Crippen LogP contribution is 1.99. The molecule has 0 unspecified atom stereocenters. The Morgan fingerprint density at radius 1 is 1.69 bits per heavy atom. The SMILES string of the molecule is C=CN(CCO)[C@H](CN)CON=C. The van der Waals surface area contributed by atoms with Crippen LogP contribution in [-0.2, 0) is 4.84 Å². The minimum absolute atomic E-state index is 0.0184. The van der Waals surface area contributed by atoms with Gasteiger partial charge in [0.1, 0.15) is 6.61 Å². The van der Waals surface area contributed by atoms with Crippen LogP contribution in [0.1, 0.15) is 0 Å².